The summed E-state index contributed by atoms with van der Waals surface area (Å²) < 4.78 is 1.76. The van der Waals surface area contributed by atoms with Gasteiger partial charge in [0.25, 0.3) is 5.56 Å². The molecule has 6 rings (SSSR count). The van der Waals surface area contributed by atoms with E-state index in [-0.39, 0.29) is 5.56 Å². The zero-order valence-electron chi connectivity index (χ0n) is 14.4. The first kappa shape index (κ1) is 14.4. The van der Waals surface area contributed by atoms with Crippen LogP contribution in [0.25, 0.3) is 49.0 Å². The third-order valence-corrected chi connectivity index (χ3v) is 5.34. The van der Waals surface area contributed by atoms with Crippen LogP contribution in [-0.2, 0) is 0 Å². The molecule has 27 heavy (non-hydrogen) atoms. The Bertz CT molecular complexity index is 1600. The maximum Gasteiger partial charge on any atom is 0.266 e. The second kappa shape index (κ2) is 5.15. The number of hydrogen-bond donors (Lipinski definition) is 0. The molecule has 0 atom stereocenters. The van der Waals surface area contributed by atoms with E-state index in [1.165, 1.54) is 0 Å². The molecule has 3 heteroatoms. The van der Waals surface area contributed by atoms with Gasteiger partial charge in [-0.15, -0.1) is 0 Å². The summed E-state index contributed by atoms with van der Waals surface area (Å²) in [5.74, 6) is 0. The quantitative estimate of drug-likeness (QED) is 0.276. The second-order valence-corrected chi connectivity index (χ2v) is 6.86. The van der Waals surface area contributed by atoms with Gasteiger partial charge in [-0.05, 0) is 34.4 Å². The van der Waals surface area contributed by atoms with Crippen LogP contribution >= 0.6 is 0 Å². The van der Waals surface area contributed by atoms with E-state index < -0.39 is 0 Å². The average Bonchev–Trinajstić information content (AvgIpc) is 2.73. The van der Waals surface area contributed by atoms with Gasteiger partial charge < -0.3 is 0 Å². The Balaban J connectivity index is 1.97. The highest BCUT2D eigenvalue weighted by molar-refractivity contribution is 6.12. The Labute approximate surface area is 154 Å². The van der Waals surface area contributed by atoms with E-state index in [0.29, 0.717) is 11.0 Å². The molecular formula is C24H14N2O. The third-order valence-electron chi connectivity index (χ3n) is 5.34. The maximum atomic E-state index is 13.5. The molecule has 0 fully saturated rings. The molecule has 0 saturated carbocycles. The number of hydrogen-bond acceptors (Lipinski definition) is 2. The fourth-order valence-corrected chi connectivity index (χ4v) is 4.09. The van der Waals surface area contributed by atoms with Crippen molar-refractivity contribution in [1.29, 1.82) is 0 Å². The molecule has 126 valence electrons. The SMILES string of the molecule is O=c1c2cc3ccccc3cc2nc2c3ccccc3c3ccccc3n12. The topological polar surface area (TPSA) is 34.4 Å². The number of para-hydroxylation sites is 1. The summed E-state index contributed by atoms with van der Waals surface area (Å²) in [6.45, 7) is 0. The lowest BCUT2D eigenvalue weighted by Crippen LogP contribution is -2.16. The van der Waals surface area contributed by atoms with Crippen molar-refractivity contribution < 1.29 is 0 Å². The van der Waals surface area contributed by atoms with E-state index in [2.05, 4.69) is 18.2 Å². The van der Waals surface area contributed by atoms with Crippen LogP contribution in [0.2, 0.25) is 0 Å². The van der Waals surface area contributed by atoms with Gasteiger partial charge in [0, 0.05) is 10.8 Å². The smallest absolute Gasteiger partial charge is 0.266 e. The van der Waals surface area contributed by atoms with Crippen molar-refractivity contribution in [3.05, 3.63) is 95.3 Å². The van der Waals surface area contributed by atoms with E-state index in [1.54, 1.807) is 4.40 Å². The number of pyridine rings is 1. The van der Waals surface area contributed by atoms with Gasteiger partial charge in [-0.3, -0.25) is 9.20 Å². The second-order valence-electron chi connectivity index (χ2n) is 6.86. The molecule has 2 heterocycles. The lowest BCUT2D eigenvalue weighted by atomic mass is 10.0. The van der Waals surface area contributed by atoms with E-state index in [1.807, 2.05) is 66.7 Å². The summed E-state index contributed by atoms with van der Waals surface area (Å²) in [7, 11) is 0. The van der Waals surface area contributed by atoms with Gasteiger partial charge in [0.2, 0.25) is 0 Å². The number of nitrogens with zero attached hydrogens (tertiary/aromatic N) is 2. The number of benzene rings is 4. The molecule has 0 spiro atoms. The normalized spacial score (nSPS) is 11.9. The molecular weight excluding hydrogens is 332 g/mol. The van der Waals surface area contributed by atoms with Crippen molar-refractivity contribution in [2.75, 3.05) is 0 Å². The van der Waals surface area contributed by atoms with Gasteiger partial charge in [-0.25, -0.2) is 4.98 Å². The monoisotopic (exact) mass is 346 g/mol. The maximum absolute atomic E-state index is 13.5. The molecule has 0 bridgehead atoms. The Morgan fingerprint density at radius 3 is 2.07 bits per heavy atom. The van der Waals surface area contributed by atoms with E-state index in [4.69, 9.17) is 4.98 Å². The fourth-order valence-electron chi connectivity index (χ4n) is 4.09. The summed E-state index contributed by atoms with van der Waals surface area (Å²) in [5, 5.41) is 5.94. The zero-order chi connectivity index (χ0) is 18.0. The molecule has 3 nitrogen and oxygen atoms in total. The minimum atomic E-state index is -0.0253. The minimum Gasteiger partial charge on any atom is -0.268 e. The van der Waals surface area contributed by atoms with Crippen LogP contribution in [0.4, 0.5) is 0 Å². The molecule has 0 radical (unpaired) electrons. The molecule has 2 aromatic heterocycles. The van der Waals surface area contributed by atoms with Gasteiger partial charge in [0.05, 0.1) is 16.4 Å². The molecule has 0 aliphatic carbocycles. The molecule has 0 aliphatic heterocycles. The van der Waals surface area contributed by atoms with Crippen LogP contribution in [0.1, 0.15) is 0 Å². The van der Waals surface area contributed by atoms with Gasteiger partial charge in [0.15, 0.2) is 0 Å². The Kier molecular flexibility index (Phi) is 2.75. The van der Waals surface area contributed by atoms with Crippen molar-refractivity contribution in [1.82, 2.24) is 9.38 Å². The minimum absolute atomic E-state index is 0.0253. The largest absolute Gasteiger partial charge is 0.268 e. The summed E-state index contributed by atoms with van der Waals surface area (Å²) >= 11 is 0. The summed E-state index contributed by atoms with van der Waals surface area (Å²) in [6, 6.07) is 28.2. The van der Waals surface area contributed by atoms with Crippen LogP contribution in [0.15, 0.2) is 89.7 Å². The lowest BCUT2D eigenvalue weighted by Gasteiger charge is -2.12. The third kappa shape index (κ3) is 1.91. The standard InChI is InChI=1S/C24H14N2O/c27-24-20-13-15-7-1-2-8-16(15)14-21(20)25-23-19-11-4-3-9-17(19)18-10-5-6-12-22(18)26(23)24/h1-14H. The van der Waals surface area contributed by atoms with Crippen LogP contribution in [0.3, 0.4) is 0 Å². The molecule has 6 aromatic rings. The predicted octanol–water partition coefficient (Wildman–Crippen LogP) is 5.31. The van der Waals surface area contributed by atoms with Crippen LogP contribution in [-0.4, -0.2) is 9.38 Å². The molecule has 0 N–H and O–H groups in total. The van der Waals surface area contributed by atoms with E-state index in [0.717, 1.165) is 38.0 Å². The van der Waals surface area contributed by atoms with Gasteiger partial charge in [0.1, 0.15) is 5.65 Å². The Hall–Kier alpha value is -3.72. The number of fused-ring (bicyclic) bond motifs is 8. The van der Waals surface area contributed by atoms with Crippen molar-refractivity contribution in [2.24, 2.45) is 0 Å². The van der Waals surface area contributed by atoms with Crippen LogP contribution in [0, 0.1) is 0 Å². The lowest BCUT2D eigenvalue weighted by molar-refractivity contribution is 1.14. The average molecular weight is 346 g/mol. The van der Waals surface area contributed by atoms with Gasteiger partial charge >= 0.3 is 0 Å². The zero-order valence-corrected chi connectivity index (χ0v) is 14.4. The predicted molar refractivity (Wildman–Crippen MR) is 111 cm³/mol. The first-order valence-electron chi connectivity index (χ1n) is 8.96. The highest BCUT2D eigenvalue weighted by Crippen LogP contribution is 2.29. The van der Waals surface area contributed by atoms with Crippen LogP contribution < -0.4 is 5.56 Å². The van der Waals surface area contributed by atoms with Crippen molar-refractivity contribution >= 4 is 49.0 Å². The van der Waals surface area contributed by atoms with Crippen molar-refractivity contribution in [3.8, 4) is 0 Å². The Morgan fingerprint density at radius 1 is 0.630 bits per heavy atom. The van der Waals surface area contributed by atoms with E-state index in [9.17, 15) is 4.79 Å². The van der Waals surface area contributed by atoms with Crippen molar-refractivity contribution in [2.45, 2.75) is 0 Å². The molecule has 0 saturated heterocycles. The highest BCUT2D eigenvalue weighted by atomic mass is 16.1. The van der Waals surface area contributed by atoms with Gasteiger partial charge in [-0.1, -0.05) is 66.7 Å². The first-order chi connectivity index (χ1) is 13.3. The van der Waals surface area contributed by atoms with E-state index >= 15 is 0 Å². The van der Waals surface area contributed by atoms with Gasteiger partial charge in [-0.2, -0.15) is 0 Å². The molecule has 0 unspecified atom stereocenters. The van der Waals surface area contributed by atoms with Crippen LogP contribution in [0.5, 0.6) is 0 Å². The first-order valence-corrected chi connectivity index (χ1v) is 8.96. The van der Waals surface area contributed by atoms with Crippen molar-refractivity contribution in [3.63, 3.8) is 0 Å². The molecule has 0 amide bonds. The summed E-state index contributed by atoms with van der Waals surface area (Å²) in [4.78, 5) is 18.4. The highest BCUT2D eigenvalue weighted by Gasteiger charge is 2.13. The number of aromatic nitrogens is 2. The molecule has 0 aliphatic rings. The summed E-state index contributed by atoms with van der Waals surface area (Å²) in [5.41, 5.74) is 2.30. The number of rotatable bonds is 0. The fraction of sp³-hybridized carbons (Fsp3) is 0. The summed E-state index contributed by atoms with van der Waals surface area (Å²) in [6.07, 6.45) is 0. The molecule has 4 aromatic carbocycles. The Morgan fingerprint density at radius 2 is 1.26 bits per heavy atom.